The van der Waals surface area contributed by atoms with E-state index >= 15 is 0 Å². The minimum atomic E-state index is -0.431. The minimum absolute atomic E-state index is 0.0139. The highest BCUT2D eigenvalue weighted by Crippen LogP contribution is 2.38. The van der Waals surface area contributed by atoms with E-state index in [0.717, 1.165) is 30.8 Å². The first kappa shape index (κ1) is 29.5. The molecule has 3 aromatic carbocycles. The van der Waals surface area contributed by atoms with Crippen molar-refractivity contribution in [2.24, 2.45) is 0 Å². The molecule has 0 radical (unpaired) electrons. The summed E-state index contributed by atoms with van der Waals surface area (Å²) in [7, 11) is 0. The van der Waals surface area contributed by atoms with E-state index in [4.69, 9.17) is 16.3 Å². The smallest absolute Gasteiger partial charge is 0.336 e. The molecule has 2 aliphatic heterocycles. The molecule has 1 unspecified atom stereocenters. The van der Waals surface area contributed by atoms with Crippen LogP contribution in [0.5, 0.6) is 0 Å². The summed E-state index contributed by atoms with van der Waals surface area (Å²) < 4.78 is 5.39. The summed E-state index contributed by atoms with van der Waals surface area (Å²) in [5.74, 6) is -0.930. The molecule has 8 heteroatoms. The number of rotatable bonds is 8. The van der Waals surface area contributed by atoms with Gasteiger partial charge in [-0.1, -0.05) is 66.2 Å². The monoisotopic (exact) mass is 585 g/mol. The van der Waals surface area contributed by atoms with Crippen molar-refractivity contribution in [3.05, 3.63) is 117 Å². The average molecular weight is 586 g/mol. The second-order valence-corrected chi connectivity index (χ2v) is 11.2. The van der Waals surface area contributed by atoms with Crippen molar-refractivity contribution >= 4 is 29.4 Å². The van der Waals surface area contributed by atoms with Crippen molar-refractivity contribution in [2.45, 2.75) is 39.3 Å². The zero-order valence-electron chi connectivity index (χ0n) is 24.1. The van der Waals surface area contributed by atoms with Gasteiger partial charge in [-0.3, -0.25) is 14.5 Å². The maximum Gasteiger partial charge on any atom is 0.336 e. The SMILES string of the molecule is CCOC(=O)C1=C(C)N(Cc2ccc(C(=O)N3CCN(Cc4ccccc4)CC3)cc2)C(=O)CC1c1cccc(Cl)c1. The van der Waals surface area contributed by atoms with Gasteiger partial charge in [0.2, 0.25) is 5.91 Å². The molecule has 1 fully saturated rings. The Labute approximate surface area is 252 Å². The van der Waals surface area contributed by atoms with Gasteiger partial charge in [0.15, 0.2) is 0 Å². The molecule has 2 amide bonds. The van der Waals surface area contributed by atoms with Gasteiger partial charge in [0.1, 0.15) is 0 Å². The van der Waals surface area contributed by atoms with E-state index in [-0.39, 0.29) is 24.8 Å². The van der Waals surface area contributed by atoms with Gasteiger partial charge in [0.25, 0.3) is 5.91 Å². The van der Waals surface area contributed by atoms with E-state index in [0.29, 0.717) is 41.5 Å². The number of benzene rings is 3. The molecule has 0 aliphatic carbocycles. The number of halogens is 1. The average Bonchev–Trinajstić information content (AvgIpc) is 3.00. The molecule has 0 spiro atoms. The van der Waals surface area contributed by atoms with Crippen molar-refractivity contribution in [3.63, 3.8) is 0 Å². The lowest BCUT2D eigenvalue weighted by Crippen LogP contribution is -2.48. The topological polar surface area (TPSA) is 70.2 Å². The van der Waals surface area contributed by atoms with E-state index in [2.05, 4.69) is 29.2 Å². The first-order valence-corrected chi connectivity index (χ1v) is 14.8. The van der Waals surface area contributed by atoms with Gasteiger partial charge in [-0.2, -0.15) is 0 Å². The lowest BCUT2D eigenvalue weighted by molar-refractivity contribution is -0.140. The number of carbonyl (C=O) groups is 3. The van der Waals surface area contributed by atoms with Crippen LogP contribution in [-0.2, 0) is 27.4 Å². The first-order valence-electron chi connectivity index (χ1n) is 14.4. The van der Waals surface area contributed by atoms with Gasteiger partial charge in [-0.25, -0.2) is 4.79 Å². The summed E-state index contributed by atoms with van der Waals surface area (Å²) >= 11 is 6.23. The summed E-state index contributed by atoms with van der Waals surface area (Å²) in [6.45, 7) is 8.01. The molecule has 0 aromatic heterocycles. The Bertz CT molecular complexity index is 1460. The molecule has 0 bridgehead atoms. The Kier molecular flexibility index (Phi) is 9.40. The molecule has 1 atom stereocenters. The molecular weight excluding hydrogens is 550 g/mol. The van der Waals surface area contributed by atoms with E-state index in [1.54, 1.807) is 30.9 Å². The zero-order valence-corrected chi connectivity index (χ0v) is 24.8. The summed E-state index contributed by atoms with van der Waals surface area (Å²) in [5, 5.41) is 0.548. The molecule has 42 heavy (non-hydrogen) atoms. The minimum Gasteiger partial charge on any atom is -0.463 e. The molecule has 1 saturated heterocycles. The van der Waals surface area contributed by atoms with Gasteiger partial charge < -0.3 is 14.5 Å². The molecule has 3 aromatic rings. The van der Waals surface area contributed by atoms with Crippen LogP contribution in [0.15, 0.2) is 90.1 Å². The maximum atomic E-state index is 13.4. The van der Waals surface area contributed by atoms with Crippen molar-refractivity contribution in [3.8, 4) is 0 Å². The normalized spacial score (nSPS) is 17.9. The van der Waals surface area contributed by atoms with Crippen molar-refractivity contribution in [1.29, 1.82) is 0 Å². The lowest BCUT2D eigenvalue weighted by atomic mass is 9.83. The second-order valence-electron chi connectivity index (χ2n) is 10.8. The van der Waals surface area contributed by atoms with Crippen molar-refractivity contribution in [1.82, 2.24) is 14.7 Å². The van der Waals surface area contributed by atoms with Crippen LogP contribution in [-0.4, -0.2) is 65.3 Å². The number of hydrogen-bond acceptors (Lipinski definition) is 5. The maximum absolute atomic E-state index is 13.4. The molecule has 7 nitrogen and oxygen atoms in total. The Morgan fingerprint density at radius 2 is 1.57 bits per heavy atom. The first-order chi connectivity index (χ1) is 20.3. The highest BCUT2D eigenvalue weighted by Gasteiger charge is 2.37. The summed E-state index contributed by atoms with van der Waals surface area (Å²) in [5.41, 5.74) is 4.62. The number of hydrogen-bond donors (Lipinski definition) is 0. The Morgan fingerprint density at radius 1 is 0.881 bits per heavy atom. The van der Waals surface area contributed by atoms with Gasteiger partial charge in [-0.15, -0.1) is 0 Å². The summed E-state index contributed by atoms with van der Waals surface area (Å²) in [6.07, 6.45) is 0.138. The number of esters is 1. The molecule has 0 saturated carbocycles. The fourth-order valence-corrected chi connectivity index (χ4v) is 5.95. The molecular formula is C34H36ClN3O4. The van der Waals surface area contributed by atoms with E-state index in [9.17, 15) is 14.4 Å². The predicted octanol–water partition coefficient (Wildman–Crippen LogP) is 5.65. The van der Waals surface area contributed by atoms with Crippen molar-refractivity contribution < 1.29 is 19.1 Å². The number of piperazine rings is 1. The molecule has 2 aliphatic rings. The third-order valence-corrected chi connectivity index (χ3v) is 8.25. The number of allylic oxidation sites excluding steroid dienone is 1. The van der Waals surface area contributed by atoms with Crippen LogP contribution >= 0.6 is 11.6 Å². The van der Waals surface area contributed by atoms with E-state index < -0.39 is 11.9 Å². The van der Waals surface area contributed by atoms with Crippen LogP contribution in [0.3, 0.4) is 0 Å². The Morgan fingerprint density at radius 3 is 2.24 bits per heavy atom. The quantitative estimate of drug-likeness (QED) is 0.320. The zero-order chi connectivity index (χ0) is 29.6. The molecule has 5 rings (SSSR count). The van der Waals surface area contributed by atoms with E-state index in [1.807, 2.05) is 47.4 Å². The van der Waals surface area contributed by atoms with Gasteiger partial charge in [0, 0.05) is 61.3 Å². The summed E-state index contributed by atoms with van der Waals surface area (Å²) in [6, 6.07) is 25.0. The fourth-order valence-electron chi connectivity index (χ4n) is 5.75. The predicted molar refractivity (Wildman–Crippen MR) is 163 cm³/mol. The van der Waals surface area contributed by atoms with Gasteiger partial charge in [0.05, 0.1) is 18.7 Å². The number of nitrogens with zero attached hydrogens (tertiary/aromatic N) is 3. The largest absolute Gasteiger partial charge is 0.463 e. The second kappa shape index (κ2) is 13.4. The van der Waals surface area contributed by atoms with Gasteiger partial charge in [-0.05, 0) is 54.8 Å². The lowest BCUT2D eigenvalue weighted by Gasteiger charge is -2.35. The molecule has 0 N–H and O–H groups in total. The number of ether oxygens (including phenoxy) is 1. The van der Waals surface area contributed by atoms with Crippen LogP contribution in [0, 0.1) is 0 Å². The summed E-state index contributed by atoms with van der Waals surface area (Å²) in [4.78, 5) is 45.6. The third-order valence-electron chi connectivity index (χ3n) is 8.02. The van der Waals surface area contributed by atoms with Gasteiger partial charge >= 0.3 is 5.97 Å². The van der Waals surface area contributed by atoms with Crippen LogP contribution in [0.25, 0.3) is 0 Å². The highest BCUT2D eigenvalue weighted by atomic mass is 35.5. The van der Waals surface area contributed by atoms with E-state index in [1.165, 1.54) is 5.56 Å². The van der Waals surface area contributed by atoms with Crippen LogP contribution in [0.1, 0.15) is 53.2 Å². The standard InChI is InChI=1S/C34H36ClN3O4/c1-3-42-34(41)32-24(2)38(31(39)21-30(32)28-10-7-11-29(35)20-28)23-26-12-14-27(15-13-26)33(40)37-18-16-36(17-19-37)22-25-8-5-4-6-9-25/h4-15,20,30H,3,16-19,21-23H2,1-2H3. The third kappa shape index (κ3) is 6.75. The number of carbonyl (C=O) groups excluding carboxylic acids is 3. The molecule has 218 valence electrons. The number of amides is 2. The van der Waals surface area contributed by atoms with Crippen molar-refractivity contribution in [2.75, 3.05) is 32.8 Å². The van der Waals surface area contributed by atoms with Crippen LogP contribution in [0.2, 0.25) is 5.02 Å². The highest BCUT2D eigenvalue weighted by molar-refractivity contribution is 6.30. The van der Waals surface area contributed by atoms with Crippen LogP contribution in [0.4, 0.5) is 0 Å². The Balaban J connectivity index is 1.26. The Hall–Kier alpha value is -3.94. The fraction of sp³-hybridized carbons (Fsp3) is 0.324. The molecule has 2 heterocycles. The van der Waals surface area contributed by atoms with Crippen LogP contribution < -0.4 is 0 Å².